The molecule has 3 heterocycles. The topological polar surface area (TPSA) is 104 Å². The van der Waals surface area contributed by atoms with Crippen LogP contribution in [0.4, 0.5) is 0 Å². The number of ether oxygens (including phenoxy) is 1. The van der Waals surface area contributed by atoms with Gasteiger partial charge in [0.05, 0.1) is 0 Å². The molecule has 1 amide bonds. The molecule has 0 saturated carbocycles. The molecule has 4 rings (SSSR count). The van der Waals surface area contributed by atoms with E-state index in [9.17, 15) is 14.7 Å². The minimum absolute atomic E-state index is 0.0733. The molecule has 8 nitrogen and oxygen atoms in total. The number of fused-ring (bicyclic) bond motifs is 1. The van der Waals surface area contributed by atoms with Crippen LogP contribution in [0.25, 0.3) is 0 Å². The second-order valence-electron chi connectivity index (χ2n) is 6.74. The number of benzene rings is 1. The molecule has 0 aliphatic carbocycles. The summed E-state index contributed by atoms with van der Waals surface area (Å²) in [6.45, 7) is 3.74. The molecule has 1 aromatic rings. The van der Waals surface area contributed by atoms with Crippen molar-refractivity contribution in [3.05, 3.63) is 30.3 Å². The largest absolute Gasteiger partial charge is 0.486 e. The SMILES string of the molecule is CC1(C)S[C@H]2[C@H](NC3(COc4ccccc4)OO3)C(=O)N2C1C(=O)O. The lowest BCUT2D eigenvalue weighted by Gasteiger charge is -2.44. The number of nitrogens with zero attached hydrogens (tertiary/aromatic N) is 1. The molecule has 3 fully saturated rings. The van der Waals surface area contributed by atoms with E-state index in [2.05, 4.69) is 5.32 Å². The maximum Gasteiger partial charge on any atom is 0.327 e. The molecular formula is C16H18N2O6S. The fourth-order valence-electron chi connectivity index (χ4n) is 3.27. The number of nitrogens with one attached hydrogen (secondary N) is 1. The van der Waals surface area contributed by atoms with E-state index in [1.165, 1.54) is 16.7 Å². The first kappa shape index (κ1) is 16.6. The Kier molecular flexibility index (Phi) is 3.73. The van der Waals surface area contributed by atoms with Crippen LogP contribution in [0, 0.1) is 0 Å². The van der Waals surface area contributed by atoms with Crippen LogP contribution in [0.1, 0.15) is 13.8 Å². The van der Waals surface area contributed by atoms with Gasteiger partial charge in [0.15, 0.2) is 6.61 Å². The van der Waals surface area contributed by atoms with E-state index in [1.807, 2.05) is 32.0 Å². The monoisotopic (exact) mass is 366 g/mol. The van der Waals surface area contributed by atoms with Gasteiger partial charge in [-0.3, -0.25) is 4.79 Å². The summed E-state index contributed by atoms with van der Waals surface area (Å²) in [5.74, 6) is -1.78. The summed E-state index contributed by atoms with van der Waals surface area (Å²) in [4.78, 5) is 35.4. The van der Waals surface area contributed by atoms with Gasteiger partial charge in [0.2, 0.25) is 5.91 Å². The van der Waals surface area contributed by atoms with Gasteiger partial charge in [-0.15, -0.1) is 11.8 Å². The number of β-lactam (4-membered cyclic amide) rings is 1. The van der Waals surface area contributed by atoms with Crippen molar-refractivity contribution >= 4 is 23.6 Å². The van der Waals surface area contributed by atoms with Crippen LogP contribution >= 0.6 is 11.8 Å². The van der Waals surface area contributed by atoms with E-state index >= 15 is 0 Å². The van der Waals surface area contributed by atoms with E-state index in [0.717, 1.165) is 0 Å². The highest BCUT2D eigenvalue weighted by atomic mass is 32.2. The van der Waals surface area contributed by atoms with Gasteiger partial charge in [-0.1, -0.05) is 18.2 Å². The smallest absolute Gasteiger partial charge is 0.327 e. The molecule has 3 saturated heterocycles. The van der Waals surface area contributed by atoms with E-state index in [1.54, 1.807) is 12.1 Å². The Labute approximate surface area is 148 Å². The highest BCUT2D eigenvalue weighted by Crippen LogP contribution is 2.51. The Bertz CT molecular complexity index is 708. The van der Waals surface area contributed by atoms with Gasteiger partial charge in [-0.2, -0.15) is 9.78 Å². The van der Waals surface area contributed by atoms with Gasteiger partial charge < -0.3 is 14.7 Å². The van der Waals surface area contributed by atoms with Gasteiger partial charge in [0.1, 0.15) is 23.2 Å². The van der Waals surface area contributed by atoms with E-state index in [0.29, 0.717) is 5.75 Å². The van der Waals surface area contributed by atoms with Crippen molar-refractivity contribution in [3.8, 4) is 5.75 Å². The number of amides is 1. The van der Waals surface area contributed by atoms with E-state index in [4.69, 9.17) is 14.5 Å². The number of rotatable bonds is 6. The van der Waals surface area contributed by atoms with Crippen molar-refractivity contribution in [1.82, 2.24) is 10.2 Å². The van der Waals surface area contributed by atoms with Gasteiger partial charge in [-0.05, 0) is 26.0 Å². The predicted octanol–water partition coefficient (Wildman–Crippen LogP) is 0.786. The summed E-state index contributed by atoms with van der Waals surface area (Å²) in [7, 11) is 0. The molecule has 0 spiro atoms. The minimum Gasteiger partial charge on any atom is -0.486 e. The number of hydrogen-bond donors (Lipinski definition) is 2. The Balaban J connectivity index is 1.41. The fourth-order valence-corrected chi connectivity index (χ4v) is 4.89. The van der Waals surface area contributed by atoms with Gasteiger partial charge in [0, 0.05) is 4.75 Å². The third kappa shape index (κ3) is 2.77. The summed E-state index contributed by atoms with van der Waals surface area (Å²) < 4.78 is 5.04. The Morgan fingerprint density at radius 3 is 2.64 bits per heavy atom. The molecule has 0 bridgehead atoms. The summed E-state index contributed by atoms with van der Waals surface area (Å²) in [6.07, 6.45) is 0. The zero-order valence-corrected chi connectivity index (χ0v) is 14.5. The van der Waals surface area contributed by atoms with E-state index in [-0.39, 0.29) is 17.9 Å². The highest BCUT2D eigenvalue weighted by Gasteiger charge is 2.67. The average molecular weight is 366 g/mol. The molecule has 2 N–H and O–H groups in total. The molecular weight excluding hydrogens is 348 g/mol. The lowest BCUT2D eigenvalue weighted by Crippen LogP contribution is -2.72. The van der Waals surface area contributed by atoms with Crippen LogP contribution in [0.5, 0.6) is 5.75 Å². The molecule has 1 aromatic carbocycles. The molecule has 134 valence electrons. The zero-order chi connectivity index (χ0) is 17.8. The number of carboxylic acids is 1. The van der Waals surface area contributed by atoms with Crippen LogP contribution in [0.2, 0.25) is 0 Å². The van der Waals surface area contributed by atoms with Gasteiger partial charge >= 0.3 is 11.9 Å². The summed E-state index contributed by atoms with van der Waals surface area (Å²) in [5, 5.41) is 12.2. The number of aliphatic carboxylic acids is 1. The van der Waals surface area contributed by atoms with Crippen LogP contribution in [0.15, 0.2) is 30.3 Å². The van der Waals surface area contributed by atoms with Crippen molar-refractivity contribution < 1.29 is 29.2 Å². The molecule has 0 aromatic heterocycles. The number of carbonyl (C=O) groups excluding carboxylic acids is 1. The molecule has 3 aliphatic rings. The van der Waals surface area contributed by atoms with Gasteiger partial charge in [0.25, 0.3) is 0 Å². The van der Waals surface area contributed by atoms with Crippen molar-refractivity contribution in [3.63, 3.8) is 0 Å². The quantitative estimate of drug-likeness (QED) is 0.433. The van der Waals surface area contributed by atoms with Crippen LogP contribution in [-0.4, -0.2) is 56.6 Å². The normalized spacial score (nSPS) is 31.2. The van der Waals surface area contributed by atoms with Crippen LogP contribution in [0.3, 0.4) is 0 Å². The number of thioether (sulfide) groups is 1. The molecule has 25 heavy (non-hydrogen) atoms. The lowest BCUT2D eigenvalue weighted by atomic mass is 9.96. The molecule has 3 atom stereocenters. The Morgan fingerprint density at radius 1 is 1.36 bits per heavy atom. The summed E-state index contributed by atoms with van der Waals surface area (Å²) >= 11 is 1.46. The fraction of sp³-hybridized carbons (Fsp3) is 0.500. The number of hydrogen-bond acceptors (Lipinski definition) is 7. The molecule has 9 heteroatoms. The van der Waals surface area contributed by atoms with Gasteiger partial charge in [-0.25, -0.2) is 10.1 Å². The van der Waals surface area contributed by atoms with Crippen LogP contribution < -0.4 is 10.1 Å². The van der Waals surface area contributed by atoms with Crippen molar-refractivity contribution in [1.29, 1.82) is 0 Å². The average Bonchev–Trinajstić information content (AvgIpc) is 3.30. The molecule has 1 unspecified atom stereocenters. The minimum atomic E-state index is -1.17. The first-order valence-corrected chi connectivity index (χ1v) is 8.76. The Hall–Kier alpha value is -1.81. The molecule has 3 aliphatic heterocycles. The second-order valence-corrected chi connectivity index (χ2v) is 8.51. The zero-order valence-electron chi connectivity index (χ0n) is 13.7. The number of para-hydroxylation sites is 1. The van der Waals surface area contributed by atoms with Crippen molar-refractivity contribution in [2.45, 2.75) is 42.0 Å². The highest BCUT2D eigenvalue weighted by molar-refractivity contribution is 8.01. The van der Waals surface area contributed by atoms with Crippen molar-refractivity contribution in [2.75, 3.05) is 6.61 Å². The third-order valence-corrected chi connectivity index (χ3v) is 6.08. The van der Waals surface area contributed by atoms with E-state index < -0.39 is 28.7 Å². The first-order valence-electron chi connectivity index (χ1n) is 7.88. The number of carbonyl (C=O) groups is 2. The van der Waals surface area contributed by atoms with Crippen LogP contribution in [-0.2, 0) is 19.4 Å². The first-order chi connectivity index (χ1) is 11.8. The summed E-state index contributed by atoms with van der Waals surface area (Å²) in [6, 6.07) is 7.77. The standard InChI is InChI=1S/C16H18N2O6S/c1-15(2)11(14(20)21)18-12(19)10(13(18)25-15)17-16(23-24-16)8-22-9-6-4-3-5-7-9/h3-7,10-11,13,17H,8H2,1-2H3,(H,20,21)/t10-,11?,13+/m1/s1. The third-order valence-electron chi connectivity index (χ3n) is 4.51. The predicted molar refractivity (Wildman–Crippen MR) is 87.5 cm³/mol. The maximum absolute atomic E-state index is 12.5. The number of carboxylic acid groups (broad SMARTS) is 1. The molecule has 0 radical (unpaired) electrons. The Morgan fingerprint density at radius 2 is 2.04 bits per heavy atom. The summed E-state index contributed by atoms with van der Waals surface area (Å²) in [5.41, 5.74) is 0. The van der Waals surface area contributed by atoms with Crippen molar-refractivity contribution in [2.24, 2.45) is 0 Å². The second kappa shape index (κ2) is 5.60. The lowest BCUT2D eigenvalue weighted by molar-refractivity contribution is -0.161. The maximum atomic E-state index is 12.5.